The van der Waals surface area contributed by atoms with Gasteiger partial charge in [-0.1, -0.05) is 46.3 Å². The SMILES string of the molecule is O=C(COc1ccc(/C=C2\SC(=O)N(Cc3ccccc3Br)C2=O)cc1)N1CCCCC1. The zero-order valence-corrected chi connectivity index (χ0v) is 19.9. The van der Waals surface area contributed by atoms with E-state index in [9.17, 15) is 14.4 Å². The quantitative estimate of drug-likeness (QED) is 0.503. The Morgan fingerprint density at radius 1 is 1.03 bits per heavy atom. The fourth-order valence-electron chi connectivity index (χ4n) is 3.62. The molecule has 2 aromatic rings. The number of carbonyl (C=O) groups is 3. The summed E-state index contributed by atoms with van der Waals surface area (Å²) in [5.41, 5.74) is 1.66. The number of imide groups is 1. The van der Waals surface area contributed by atoms with Crippen molar-refractivity contribution in [3.8, 4) is 5.75 Å². The maximum absolute atomic E-state index is 12.8. The van der Waals surface area contributed by atoms with Gasteiger partial charge in [0.1, 0.15) is 5.75 Å². The number of nitrogens with zero attached hydrogens (tertiary/aromatic N) is 2. The van der Waals surface area contributed by atoms with Crippen molar-refractivity contribution in [3.05, 3.63) is 69.0 Å². The second kappa shape index (κ2) is 10.4. The Morgan fingerprint density at radius 3 is 2.47 bits per heavy atom. The number of benzene rings is 2. The van der Waals surface area contributed by atoms with Gasteiger partial charge in [0, 0.05) is 17.6 Å². The van der Waals surface area contributed by atoms with Crippen molar-refractivity contribution in [3.63, 3.8) is 0 Å². The third kappa shape index (κ3) is 5.42. The van der Waals surface area contributed by atoms with Crippen molar-refractivity contribution < 1.29 is 19.1 Å². The molecule has 0 aromatic heterocycles. The maximum Gasteiger partial charge on any atom is 0.293 e. The van der Waals surface area contributed by atoms with Crippen LogP contribution < -0.4 is 4.74 Å². The lowest BCUT2D eigenvalue weighted by atomic mass is 10.1. The number of carbonyl (C=O) groups excluding carboxylic acids is 3. The molecule has 0 spiro atoms. The molecule has 2 saturated heterocycles. The minimum atomic E-state index is -0.303. The van der Waals surface area contributed by atoms with Gasteiger partial charge in [-0.2, -0.15) is 0 Å². The van der Waals surface area contributed by atoms with Crippen LogP contribution in [0.1, 0.15) is 30.4 Å². The zero-order valence-electron chi connectivity index (χ0n) is 17.5. The lowest BCUT2D eigenvalue weighted by Gasteiger charge is -2.26. The lowest BCUT2D eigenvalue weighted by Crippen LogP contribution is -2.38. The van der Waals surface area contributed by atoms with Crippen LogP contribution in [0.4, 0.5) is 4.79 Å². The Bertz CT molecular complexity index is 1050. The number of thioether (sulfide) groups is 1. The van der Waals surface area contributed by atoms with Crippen molar-refractivity contribution in [2.24, 2.45) is 0 Å². The van der Waals surface area contributed by atoms with E-state index in [1.54, 1.807) is 18.2 Å². The van der Waals surface area contributed by atoms with Gasteiger partial charge in [-0.25, -0.2) is 0 Å². The van der Waals surface area contributed by atoms with Crippen LogP contribution in [-0.2, 0) is 16.1 Å². The van der Waals surface area contributed by atoms with Crippen LogP contribution in [0.5, 0.6) is 5.75 Å². The van der Waals surface area contributed by atoms with E-state index < -0.39 is 0 Å². The lowest BCUT2D eigenvalue weighted by molar-refractivity contribution is -0.134. The number of likely N-dealkylation sites (tertiary alicyclic amines) is 1. The summed E-state index contributed by atoms with van der Waals surface area (Å²) in [6, 6.07) is 14.7. The summed E-state index contributed by atoms with van der Waals surface area (Å²) >= 11 is 4.39. The largest absolute Gasteiger partial charge is 0.484 e. The van der Waals surface area contributed by atoms with Crippen molar-refractivity contribution >= 4 is 50.8 Å². The van der Waals surface area contributed by atoms with Crippen LogP contribution in [0.25, 0.3) is 6.08 Å². The molecule has 8 heteroatoms. The molecule has 2 heterocycles. The Morgan fingerprint density at radius 2 is 1.75 bits per heavy atom. The van der Waals surface area contributed by atoms with Crippen LogP contribution in [-0.4, -0.2) is 46.5 Å². The molecule has 166 valence electrons. The molecule has 0 atom stereocenters. The number of ether oxygens (including phenoxy) is 1. The monoisotopic (exact) mass is 514 g/mol. The minimum absolute atomic E-state index is 0.00695. The molecule has 0 bridgehead atoms. The van der Waals surface area contributed by atoms with Crippen molar-refractivity contribution in [2.45, 2.75) is 25.8 Å². The fraction of sp³-hybridized carbons (Fsp3) is 0.292. The van der Waals surface area contributed by atoms with Crippen LogP contribution in [0.15, 0.2) is 57.9 Å². The highest BCUT2D eigenvalue weighted by molar-refractivity contribution is 9.10. The highest BCUT2D eigenvalue weighted by atomic mass is 79.9. The standard InChI is InChI=1S/C24H23BrN2O4S/c25-20-7-3-2-6-18(20)15-27-23(29)21(32-24(27)30)14-17-8-10-19(11-9-17)31-16-22(28)26-12-4-1-5-13-26/h2-3,6-11,14H,1,4-5,12-13,15-16H2/b21-14-. The molecule has 0 saturated carbocycles. The average Bonchev–Trinajstić information content (AvgIpc) is 3.07. The Kier molecular flexibility index (Phi) is 7.32. The molecular weight excluding hydrogens is 492 g/mol. The zero-order chi connectivity index (χ0) is 22.5. The molecule has 2 aliphatic rings. The van der Waals surface area contributed by atoms with Gasteiger partial charge in [-0.05, 0) is 66.4 Å². The summed E-state index contributed by atoms with van der Waals surface area (Å²) in [4.78, 5) is 40.9. The third-order valence-electron chi connectivity index (χ3n) is 5.41. The number of piperidine rings is 1. The van der Waals surface area contributed by atoms with Crippen molar-refractivity contribution in [2.75, 3.05) is 19.7 Å². The summed E-state index contributed by atoms with van der Waals surface area (Å²) in [7, 11) is 0. The Hall–Kier alpha value is -2.58. The van der Waals surface area contributed by atoms with E-state index >= 15 is 0 Å². The first-order valence-electron chi connectivity index (χ1n) is 10.5. The molecule has 3 amide bonds. The summed E-state index contributed by atoms with van der Waals surface area (Å²) < 4.78 is 6.49. The van der Waals surface area contributed by atoms with E-state index in [4.69, 9.17) is 4.74 Å². The number of hydrogen-bond acceptors (Lipinski definition) is 5. The smallest absolute Gasteiger partial charge is 0.293 e. The van der Waals surface area contributed by atoms with E-state index in [1.165, 1.54) is 11.3 Å². The summed E-state index contributed by atoms with van der Waals surface area (Å²) in [6.45, 7) is 1.85. The molecule has 0 radical (unpaired) electrons. The molecule has 0 unspecified atom stereocenters. The van der Waals surface area contributed by atoms with E-state index in [0.717, 1.165) is 53.3 Å². The van der Waals surface area contributed by atoms with E-state index in [-0.39, 0.29) is 30.2 Å². The highest BCUT2D eigenvalue weighted by Crippen LogP contribution is 2.34. The van der Waals surface area contributed by atoms with E-state index in [2.05, 4.69) is 15.9 Å². The van der Waals surface area contributed by atoms with Gasteiger partial charge in [0.15, 0.2) is 6.61 Å². The molecule has 6 nitrogen and oxygen atoms in total. The number of rotatable bonds is 6. The second-order valence-electron chi connectivity index (χ2n) is 7.66. The predicted octanol–water partition coefficient (Wildman–Crippen LogP) is 5.08. The van der Waals surface area contributed by atoms with Crippen LogP contribution in [0.2, 0.25) is 0 Å². The average molecular weight is 515 g/mol. The van der Waals surface area contributed by atoms with Crippen LogP contribution in [0, 0.1) is 0 Å². The van der Waals surface area contributed by atoms with Gasteiger partial charge < -0.3 is 9.64 Å². The number of hydrogen-bond donors (Lipinski definition) is 0. The molecule has 2 aliphatic heterocycles. The summed E-state index contributed by atoms with van der Waals surface area (Å²) in [5, 5.41) is -0.284. The fourth-order valence-corrected chi connectivity index (χ4v) is 4.87. The number of amides is 3. The summed E-state index contributed by atoms with van der Waals surface area (Å²) in [5.74, 6) is 0.297. The van der Waals surface area contributed by atoms with E-state index in [1.807, 2.05) is 41.3 Å². The van der Waals surface area contributed by atoms with Gasteiger partial charge in [-0.3, -0.25) is 19.3 Å². The Balaban J connectivity index is 1.36. The molecule has 2 fully saturated rings. The van der Waals surface area contributed by atoms with Gasteiger partial charge in [0.05, 0.1) is 11.4 Å². The predicted molar refractivity (Wildman–Crippen MR) is 128 cm³/mol. The normalized spacial score (nSPS) is 17.8. The minimum Gasteiger partial charge on any atom is -0.484 e. The first-order valence-corrected chi connectivity index (χ1v) is 12.1. The first kappa shape index (κ1) is 22.6. The number of halogens is 1. The van der Waals surface area contributed by atoms with E-state index in [0.29, 0.717) is 10.7 Å². The second-order valence-corrected chi connectivity index (χ2v) is 9.51. The highest BCUT2D eigenvalue weighted by Gasteiger charge is 2.35. The molecule has 0 aliphatic carbocycles. The molecule has 0 N–H and O–H groups in total. The molecule has 32 heavy (non-hydrogen) atoms. The van der Waals surface area contributed by atoms with Gasteiger partial charge >= 0.3 is 0 Å². The first-order chi connectivity index (χ1) is 15.5. The van der Waals surface area contributed by atoms with Gasteiger partial charge in [-0.15, -0.1) is 0 Å². The molecular formula is C24H23BrN2O4S. The maximum atomic E-state index is 12.8. The topological polar surface area (TPSA) is 66.9 Å². The third-order valence-corrected chi connectivity index (χ3v) is 7.09. The van der Waals surface area contributed by atoms with Crippen molar-refractivity contribution in [1.29, 1.82) is 0 Å². The Labute approximate surface area is 199 Å². The molecule has 2 aromatic carbocycles. The van der Waals surface area contributed by atoms with Crippen LogP contribution >= 0.6 is 27.7 Å². The summed E-state index contributed by atoms with van der Waals surface area (Å²) in [6.07, 6.45) is 4.98. The van der Waals surface area contributed by atoms with Crippen molar-refractivity contribution in [1.82, 2.24) is 9.80 Å². The van der Waals surface area contributed by atoms with Gasteiger partial charge in [0.25, 0.3) is 17.1 Å². The molecule has 4 rings (SSSR count). The van der Waals surface area contributed by atoms with Gasteiger partial charge in [0.2, 0.25) is 0 Å². The van der Waals surface area contributed by atoms with Crippen LogP contribution in [0.3, 0.4) is 0 Å².